The minimum Gasteiger partial charge on any atom is -0.462 e. The quantitative estimate of drug-likeness (QED) is 0.687. The Labute approximate surface area is 158 Å². The Hall–Kier alpha value is -2.64. The fraction of sp³-hybridized carbons (Fsp3) is 0.167. The van der Waals surface area contributed by atoms with E-state index in [0.29, 0.717) is 22.0 Å². The first-order valence-corrected chi connectivity index (χ1v) is 9.27. The lowest BCUT2D eigenvalue weighted by Crippen LogP contribution is -2.25. The van der Waals surface area contributed by atoms with Crippen LogP contribution in [-0.2, 0) is 0 Å². The Morgan fingerprint density at radius 1 is 1.23 bits per heavy atom. The van der Waals surface area contributed by atoms with E-state index in [1.165, 1.54) is 11.3 Å². The van der Waals surface area contributed by atoms with Crippen molar-refractivity contribution in [1.82, 2.24) is 10.3 Å². The number of carbonyl (C=O) groups excluding carboxylic acids is 2. The second-order valence-electron chi connectivity index (χ2n) is 5.91. The van der Waals surface area contributed by atoms with E-state index in [0.717, 1.165) is 12.8 Å². The average molecular weight is 388 g/mol. The molecule has 4 rings (SSSR count). The molecule has 1 fully saturated rings. The monoisotopic (exact) mass is 387 g/mol. The molecule has 2 N–H and O–H groups in total. The third-order valence-electron chi connectivity index (χ3n) is 3.85. The molecule has 2 amide bonds. The van der Waals surface area contributed by atoms with Crippen LogP contribution in [0.5, 0.6) is 0 Å². The van der Waals surface area contributed by atoms with Gasteiger partial charge in [-0.15, -0.1) is 11.3 Å². The number of nitrogens with zero attached hydrogens (tertiary/aromatic N) is 1. The third kappa shape index (κ3) is 3.63. The first-order valence-electron chi connectivity index (χ1n) is 8.01. The summed E-state index contributed by atoms with van der Waals surface area (Å²) in [6.07, 6.45) is 3.57. The summed E-state index contributed by atoms with van der Waals surface area (Å²) in [5, 5.41) is 8.20. The van der Waals surface area contributed by atoms with Gasteiger partial charge < -0.3 is 15.1 Å². The molecule has 3 aromatic rings. The zero-order valence-electron chi connectivity index (χ0n) is 13.5. The van der Waals surface area contributed by atoms with Crippen molar-refractivity contribution in [1.29, 1.82) is 0 Å². The van der Waals surface area contributed by atoms with Gasteiger partial charge >= 0.3 is 0 Å². The maximum atomic E-state index is 12.4. The lowest BCUT2D eigenvalue weighted by molar-refractivity contribution is 0.0950. The fourth-order valence-electron chi connectivity index (χ4n) is 2.35. The maximum absolute atomic E-state index is 12.4. The predicted octanol–water partition coefficient (Wildman–Crippen LogP) is 4.20. The van der Waals surface area contributed by atoms with Gasteiger partial charge in [0.05, 0.1) is 16.8 Å². The highest BCUT2D eigenvalue weighted by Gasteiger charge is 2.24. The van der Waals surface area contributed by atoms with Gasteiger partial charge in [0.1, 0.15) is 5.69 Å². The third-order valence-corrected chi connectivity index (χ3v) is 5.02. The van der Waals surface area contributed by atoms with Crippen molar-refractivity contribution in [3.05, 3.63) is 58.3 Å². The molecule has 1 aliphatic rings. The number of amides is 2. The molecular weight excluding hydrogens is 374 g/mol. The van der Waals surface area contributed by atoms with Gasteiger partial charge in [0, 0.05) is 17.1 Å². The number of aromatic nitrogens is 1. The van der Waals surface area contributed by atoms with Crippen molar-refractivity contribution in [2.75, 3.05) is 5.32 Å². The maximum Gasteiger partial charge on any atom is 0.275 e. The van der Waals surface area contributed by atoms with Crippen LogP contribution in [0.2, 0.25) is 5.02 Å². The molecule has 2 heterocycles. The Balaban J connectivity index is 1.45. The van der Waals surface area contributed by atoms with Crippen LogP contribution in [0.15, 0.2) is 46.4 Å². The number of rotatable bonds is 5. The molecule has 2 aromatic heterocycles. The first kappa shape index (κ1) is 16.8. The summed E-state index contributed by atoms with van der Waals surface area (Å²) < 4.78 is 5.27. The van der Waals surface area contributed by atoms with Crippen molar-refractivity contribution in [2.45, 2.75) is 18.9 Å². The van der Waals surface area contributed by atoms with Crippen LogP contribution in [0.1, 0.15) is 33.7 Å². The van der Waals surface area contributed by atoms with Crippen LogP contribution in [0, 0.1) is 0 Å². The smallest absolute Gasteiger partial charge is 0.275 e. The molecule has 0 unspecified atom stereocenters. The van der Waals surface area contributed by atoms with Crippen LogP contribution < -0.4 is 10.6 Å². The molecule has 1 aromatic carbocycles. The van der Waals surface area contributed by atoms with Gasteiger partial charge in [0.2, 0.25) is 0 Å². The predicted molar refractivity (Wildman–Crippen MR) is 99.7 cm³/mol. The summed E-state index contributed by atoms with van der Waals surface area (Å²) >= 11 is 7.51. The van der Waals surface area contributed by atoms with Crippen molar-refractivity contribution >= 4 is 40.4 Å². The lowest BCUT2D eigenvalue weighted by Gasteiger charge is -2.08. The SMILES string of the molecule is O=C(Nc1ccc(C(=O)NC2CC2)c(Cl)c1)c1csc(-c2ccco2)n1. The highest BCUT2D eigenvalue weighted by atomic mass is 35.5. The largest absolute Gasteiger partial charge is 0.462 e. The number of benzene rings is 1. The van der Waals surface area contributed by atoms with Crippen molar-refractivity contribution in [3.8, 4) is 10.8 Å². The number of thiazole rings is 1. The van der Waals surface area contributed by atoms with Gasteiger partial charge in [0.25, 0.3) is 11.8 Å². The van der Waals surface area contributed by atoms with Crippen molar-refractivity contribution in [3.63, 3.8) is 0 Å². The van der Waals surface area contributed by atoms with Crippen LogP contribution in [0.4, 0.5) is 5.69 Å². The molecule has 8 heteroatoms. The molecule has 0 aliphatic heterocycles. The van der Waals surface area contributed by atoms with Crippen molar-refractivity contribution in [2.24, 2.45) is 0 Å². The Bertz CT molecular complexity index is 964. The second-order valence-corrected chi connectivity index (χ2v) is 7.18. The second kappa shape index (κ2) is 6.93. The number of nitrogens with one attached hydrogen (secondary N) is 2. The molecule has 0 bridgehead atoms. The molecule has 0 atom stereocenters. The Morgan fingerprint density at radius 3 is 2.77 bits per heavy atom. The zero-order chi connectivity index (χ0) is 18.1. The standard InChI is InChI=1S/C18H14ClN3O3S/c19-13-8-11(5-6-12(13)16(23)20-10-3-4-10)21-17(24)14-9-26-18(22-14)15-2-1-7-25-15/h1-2,5-10H,3-4H2,(H,20,23)(H,21,24). The Morgan fingerprint density at radius 2 is 2.08 bits per heavy atom. The zero-order valence-corrected chi connectivity index (χ0v) is 15.1. The van der Waals surface area contributed by atoms with E-state index in [-0.39, 0.29) is 28.6 Å². The topological polar surface area (TPSA) is 84.2 Å². The number of furan rings is 1. The number of hydrogen-bond donors (Lipinski definition) is 2. The molecule has 0 saturated heterocycles. The minimum absolute atomic E-state index is 0.196. The lowest BCUT2D eigenvalue weighted by atomic mass is 10.2. The minimum atomic E-state index is -0.356. The van der Waals surface area contributed by atoms with Gasteiger partial charge in [-0.25, -0.2) is 4.98 Å². The van der Waals surface area contributed by atoms with E-state index in [4.69, 9.17) is 16.0 Å². The van der Waals surface area contributed by atoms with Crippen LogP contribution in [0.25, 0.3) is 10.8 Å². The fourth-order valence-corrected chi connectivity index (χ4v) is 3.39. The molecule has 1 saturated carbocycles. The number of carbonyl (C=O) groups is 2. The van der Waals surface area contributed by atoms with Crippen LogP contribution >= 0.6 is 22.9 Å². The number of hydrogen-bond acceptors (Lipinski definition) is 5. The van der Waals surface area contributed by atoms with E-state index in [9.17, 15) is 9.59 Å². The highest BCUT2D eigenvalue weighted by Crippen LogP contribution is 2.26. The average Bonchev–Trinajstić information content (AvgIpc) is 3.10. The van der Waals surface area contributed by atoms with E-state index in [2.05, 4.69) is 15.6 Å². The molecule has 132 valence electrons. The molecule has 0 radical (unpaired) electrons. The summed E-state index contributed by atoms with van der Waals surface area (Å²) in [4.78, 5) is 28.7. The van der Waals surface area contributed by atoms with E-state index in [1.807, 2.05) is 0 Å². The highest BCUT2D eigenvalue weighted by molar-refractivity contribution is 7.13. The Kier molecular flexibility index (Phi) is 4.48. The van der Waals surface area contributed by atoms with Gasteiger partial charge in [-0.2, -0.15) is 0 Å². The van der Waals surface area contributed by atoms with Crippen LogP contribution in [-0.4, -0.2) is 22.8 Å². The molecule has 6 nitrogen and oxygen atoms in total. The molecule has 1 aliphatic carbocycles. The van der Waals surface area contributed by atoms with Gasteiger partial charge in [-0.3, -0.25) is 9.59 Å². The first-order chi connectivity index (χ1) is 12.6. The summed E-state index contributed by atoms with van der Waals surface area (Å²) in [6.45, 7) is 0. The van der Waals surface area contributed by atoms with Gasteiger partial charge in [0.15, 0.2) is 10.8 Å². The van der Waals surface area contributed by atoms with E-state index in [1.54, 1.807) is 42.0 Å². The normalized spacial score (nSPS) is 13.4. The van der Waals surface area contributed by atoms with Crippen molar-refractivity contribution < 1.29 is 14.0 Å². The molecule has 26 heavy (non-hydrogen) atoms. The van der Waals surface area contributed by atoms with Gasteiger partial charge in [-0.1, -0.05) is 11.6 Å². The summed E-state index contributed by atoms with van der Waals surface area (Å²) in [5.41, 5.74) is 1.17. The number of anilines is 1. The number of halogens is 1. The molecular formula is C18H14ClN3O3S. The van der Waals surface area contributed by atoms with E-state index >= 15 is 0 Å². The van der Waals surface area contributed by atoms with E-state index < -0.39 is 0 Å². The summed E-state index contributed by atoms with van der Waals surface area (Å²) in [6, 6.07) is 8.61. The van der Waals surface area contributed by atoms with Gasteiger partial charge in [-0.05, 0) is 43.2 Å². The summed E-state index contributed by atoms with van der Waals surface area (Å²) in [5.74, 6) is 0.0615. The summed E-state index contributed by atoms with van der Waals surface area (Å²) in [7, 11) is 0. The molecule has 0 spiro atoms. The van der Waals surface area contributed by atoms with Crippen LogP contribution in [0.3, 0.4) is 0 Å².